The summed E-state index contributed by atoms with van der Waals surface area (Å²) in [5.74, 6) is 0. The highest BCUT2D eigenvalue weighted by Crippen LogP contribution is 2.30. The highest BCUT2D eigenvalue weighted by Gasteiger charge is 2.35. The molecule has 1 aliphatic rings. The molecular weight excluding hydrogens is 356 g/mol. The molecule has 2 N–H and O–H groups in total. The zero-order valence-electron chi connectivity index (χ0n) is 12.5. The molecule has 1 aliphatic heterocycles. The SMILES string of the molecule is Cc1c(Br)cc(CN)cc1S(=O)(=O)N1CCOC(C)(C)C1. The third-order valence-corrected chi connectivity index (χ3v) is 6.40. The van der Waals surface area contributed by atoms with Crippen LogP contribution in [-0.4, -0.2) is 38.0 Å². The van der Waals surface area contributed by atoms with Crippen molar-refractivity contribution < 1.29 is 13.2 Å². The lowest BCUT2D eigenvalue weighted by atomic mass is 10.1. The molecule has 21 heavy (non-hydrogen) atoms. The van der Waals surface area contributed by atoms with Crippen molar-refractivity contribution >= 4 is 26.0 Å². The van der Waals surface area contributed by atoms with E-state index in [4.69, 9.17) is 10.5 Å². The zero-order valence-corrected chi connectivity index (χ0v) is 14.9. The maximum absolute atomic E-state index is 12.9. The van der Waals surface area contributed by atoms with Crippen molar-refractivity contribution in [2.75, 3.05) is 19.7 Å². The van der Waals surface area contributed by atoms with Gasteiger partial charge in [0.1, 0.15) is 0 Å². The van der Waals surface area contributed by atoms with Gasteiger partial charge >= 0.3 is 0 Å². The van der Waals surface area contributed by atoms with Crippen molar-refractivity contribution in [3.05, 3.63) is 27.7 Å². The summed E-state index contributed by atoms with van der Waals surface area (Å²) < 4.78 is 33.7. The molecule has 2 rings (SSSR count). The summed E-state index contributed by atoms with van der Waals surface area (Å²) in [7, 11) is -3.55. The molecule has 0 unspecified atom stereocenters. The Morgan fingerprint density at radius 3 is 2.67 bits per heavy atom. The van der Waals surface area contributed by atoms with Crippen LogP contribution in [0.15, 0.2) is 21.5 Å². The van der Waals surface area contributed by atoms with E-state index in [1.807, 2.05) is 19.9 Å². The maximum Gasteiger partial charge on any atom is 0.243 e. The minimum atomic E-state index is -3.55. The van der Waals surface area contributed by atoms with Crippen molar-refractivity contribution in [2.24, 2.45) is 5.73 Å². The summed E-state index contributed by atoms with van der Waals surface area (Å²) >= 11 is 3.41. The van der Waals surface area contributed by atoms with Crippen LogP contribution in [0.4, 0.5) is 0 Å². The monoisotopic (exact) mass is 376 g/mol. The lowest BCUT2D eigenvalue weighted by Crippen LogP contribution is -2.50. The van der Waals surface area contributed by atoms with Crippen molar-refractivity contribution in [1.82, 2.24) is 4.31 Å². The van der Waals surface area contributed by atoms with E-state index < -0.39 is 15.6 Å². The van der Waals surface area contributed by atoms with Crippen LogP contribution in [-0.2, 0) is 21.3 Å². The molecule has 5 nitrogen and oxygen atoms in total. The minimum Gasteiger partial charge on any atom is -0.373 e. The Morgan fingerprint density at radius 1 is 1.43 bits per heavy atom. The summed E-state index contributed by atoms with van der Waals surface area (Å²) in [5, 5.41) is 0. The third-order valence-electron chi connectivity index (χ3n) is 3.60. The number of nitrogens with two attached hydrogens (primary N) is 1. The van der Waals surface area contributed by atoms with E-state index >= 15 is 0 Å². The van der Waals surface area contributed by atoms with Crippen molar-refractivity contribution in [3.63, 3.8) is 0 Å². The fourth-order valence-corrected chi connectivity index (χ4v) is 4.92. The highest BCUT2D eigenvalue weighted by atomic mass is 79.9. The molecule has 1 aromatic carbocycles. The van der Waals surface area contributed by atoms with Crippen LogP contribution in [0.2, 0.25) is 0 Å². The first kappa shape index (κ1) is 16.9. The number of halogens is 1. The molecule has 0 radical (unpaired) electrons. The first-order valence-electron chi connectivity index (χ1n) is 6.80. The van der Waals surface area contributed by atoms with Crippen LogP contribution in [0.3, 0.4) is 0 Å². The van der Waals surface area contributed by atoms with Crippen LogP contribution in [0.1, 0.15) is 25.0 Å². The largest absolute Gasteiger partial charge is 0.373 e. The number of hydrogen-bond acceptors (Lipinski definition) is 4. The number of hydrogen-bond donors (Lipinski definition) is 1. The fourth-order valence-electron chi connectivity index (χ4n) is 2.41. The average molecular weight is 377 g/mol. The van der Waals surface area contributed by atoms with Gasteiger partial charge in [-0.15, -0.1) is 0 Å². The normalized spacial score (nSPS) is 19.7. The number of ether oxygens (including phenoxy) is 1. The van der Waals surface area contributed by atoms with Crippen LogP contribution in [0.25, 0.3) is 0 Å². The predicted octanol–water partition coefficient (Wildman–Crippen LogP) is 2.02. The first-order valence-corrected chi connectivity index (χ1v) is 9.04. The van der Waals surface area contributed by atoms with Gasteiger partial charge in [-0.2, -0.15) is 4.31 Å². The lowest BCUT2D eigenvalue weighted by molar-refractivity contribution is -0.0640. The summed E-state index contributed by atoms with van der Waals surface area (Å²) in [4.78, 5) is 0.315. The second-order valence-corrected chi connectivity index (χ2v) is 8.61. The molecule has 118 valence electrons. The van der Waals surface area contributed by atoms with E-state index in [-0.39, 0.29) is 0 Å². The summed E-state index contributed by atoms with van der Waals surface area (Å²) in [6.07, 6.45) is 0. The second-order valence-electron chi connectivity index (χ2n) is 5.85. The molecule has 0 saturated carbocycles. The van der Waals surface area contributed by atoms with E-state index in [1.165, 1.54) is 4.31 Å². The van der Waals surface area contributed by atoms with Crippen molar-refractivity contribution in [1.29, 1.82) is 0 Å². The molecule has 1 aromatic rings. The number of benzene rings is 1. The van der Waals surface area contributed by atoms with E-state index in [0.717, 1.165) is 10.0 Å². The van der Waals surface area contributed by atoms with Gasteiger partial charge < -0.3 is 10.5 Å². The smallest absolute Gasteiger partial charge is 0.243 e. The van der Waals surface area contributed by atoms with E-state index in [2.05, 4.69) is 15.9 Å². The number of nitrogens with zero attached hydrogens (tertiary/aromatic N) is 1. The maximum atomic E-state index is 12.9. The zero-order chi connectivity index (χ0) is 15.8. The quantitative estimate of drug-likeness (QED) is 0.875. The molecule has 1 fully saturated rings. The van der Waals surface area contributed by atoms with Gasteiger partial charge in [-0.1, -0.05) is 15.9 Å². The molecule has 1 saturated heterocycles. The van der Waals surface area contributed by atoms with Gasteiger partial charge in [0.25, 0.3) is 0 Å². The highest BCUT2D eigenvalue weighted by molar-refractivity contribution is 9.10. The van der Waals surface area contributed by atoms with E-state index in [0.29, 0.717) is 36.7 Å². The lowest BCUT2D eigenvalue weighted by Gasteiger charge is -2.37. The van der Waals surface area contributed by atoms with Crippen LogP contribution in [0, 0.1) is 6.92 Å². The Kier molecular flexibility index (Phi) is 4.80. The molecule has 0 spiro atoms. The summed E-state index contributed by atoms with van der Waals surface area (Å²) in [5.41, 5.74) is 6.68. The average Bonchev–Trinajstić information content (AvgIpc) is 2.40. The van der Waals surface area contributed by atoms with Gasteiger partial charge in [0, 0.05) is 24.1 Å². The van der Waals surface area contributed by atoms with Crippen LogP contribution < -0.4 is 5.73 Å². The number of sulfonamides is 1. The van der Waals surface area contributed by atoms with Crippen molar-refractivity contribution in [3.8, 4) is 0 Å². The molecule has 0 amide bonds. The third kappa shape index (κ3) is 3.48. The van der Waals surface area contributed by atoms with Crippen LogP contribution >= 0.6 is 15.9 Å². The molecule has 0 atom stereocenters. The second kappa shape index (κ2) is 5.96. The Balaban J connectivity index is 2.47. The minimum absolute atomic E-state index is 0.302. The van der Waals surface area contributed by atoms with E-state index in [1.54, 1.807) is 13.0 Å². The van der Waals surface area contributed by atoms with Gasteiger partial charge in [-0.3, -0.25) is 0 Å². The topological polar surface area (TPSA) is 72.6 Å². The fraction of sp³-hybridized carbons (Fsp3) is 0.571. The van der Waals surface area contributed by atoms with E-state index in [9.17, 15) is 8.42 Å². The molecule has 0 aliphatic carbocycles. The van der Waals surface area contributed by atoms with Gasteiger partial charge in [0.2, 0.25) is 10.0 Å². The Morgan fingerprint density at radius 2 is 2.10 bits per heavy atom. The van der Waals surface area contributed by atoms with Gasteiger partial charge in [0.15, 0.2) is 0 Å². The number of rotatable bonds is 3. The molecule has 0 bridgehead atoms. The summed E-state index contributed by atoms with van der Waals surface area (Å²) in [6.45, 7) is 7.01. The Hall–Kier alpha value is -0.470. The Labute approximate surface area is 134 Å². The molecule has 0 aromatic heterocycles. The first-order chi connectivity index (χ1) is 9.67. The Bertz CT molecular complexity index is 644. The van der Waals surface area contributed by atoms with Gasteiger partial charge in [-0.25, -0.2) is 8.42 Å². The van der Waals surface area contributed by atoms with Gasteiger partial charge in [-0.05, 0) is 44.0 Å². The van der Waals surface area contributed by atoms with Crippen molar-refractivity contribution in [2.45, 2.75) is 37.8 Å². The standard InChI is InChI=1S/C14H21BrN2O3S/c1-10-12(15)6-11(8-16)7-13(10)21(18,19)17-4-5-20-14(2,3)9-17/h6-7H,4-5,8-9,16H2,1-3H3. The van der Waals surface area contributed by atoms with Crippen LogP contribution in [0.5, 0.6) is 0 Å². The predicted molar refractivity (Wildman–Crippen MR) is 85.6 cm³/mol. The van der Waals surface area contributed by atoms with Gasteiger partial charge in [0.05, 0.1) is 17.1 Å². The summed E-state index contributed by atoms with van der Waals surface area (Å²) in [6, 6.07) is 3.52. The number of morpholine rings is 1. The molecule has 1 heterocycles. The molecule has 7 heteroatoms. The molecular formula is C14H21BrN2O3S.